The summed E-state index contributed by atoms with van der Waals surface area (Å²) in [4.78, 5) is 16.4. The van der Waals surface area contributed by atoms with Gasteiger partial charge in [-0.05, 0) is 40.8 Å². The Bertz CT molecular complexity index is 357. The first-order valence-electron chi connectivity index (χ1n) is 3.83. The lowest BCUT2D eigenvalue weighted by Gasteiger charge is -2.14. The van der Waals surface area contributed by atoms with E-state index in [0.29, 0.717) is 10.6 Å². The number of carbonyl (C=O) groups excluding carboxylic acids is 1. The second-order valence-corrected chi connectivity index (χ2v) is 4.26. The van der Waals surface area contributed by atoms with Crippen LogP contribution in [0.15, 0.2) is 18.2 Å². The van der Waals surface area contributed by atoms with Gasteiger partial charge in [-0.1, -0.05) is 11.6 Å². The Morgan fingerprint density at radius 1 is 1.57 bits per heavy atom. The molecule has 0 heterocycles. The highest BCUT2D eigenvalue weighted by atomic mass is 127. The van der Waals surface area contributed by atoms with Gasteiger partial charge < -0.3 is 0 Å². The monoisotopic (exact) mass is 325 g/mol. The Morgan fingerprint density at radius 3 is 2.71 bits per heavy atom. The van der Waals surface area contributed by atoms with Crippen molar-refractivity contribution >= 4 is 40.1 Å². The van der Waals surface area contributed by atoms with Crippen molar-refractivity contribution in [2.45, 2.75) is 0 Å². The quantitative estimate of drug-likeness (QED) is 0.618. The molecule has 0 aromatic heterocycles. The van der Waals surface area contributed by atoms with Gasteiger partial charge in [0.1, 0.15) is 0 Å². The van der Waals surface area contributed by atoms with Crippen molar-refractivity contribution in [2.24, 2.45) is 0 Å². The average Bonchev–Trinajstić information content (AvgIpc) is 2.15. The third kappa shape index (κ3) is 2.59. The SMILES string of the molecule is CON(C)C(=O)c1ccc(I)cc1Cl. The van der Waals surface area contributed by atoms with Gasteiger partial charge in [0.25, 0.3) is 5.91 Å². The zero-order valence-electron chi connectivity index (χ0n) is 7.75. The molecule has 0 radical (unpaired) electrons. The zero-order chi connectivity index (χ0) is 10.7. The summed E-state index contributed by atoms with van der Waals surface area (Å²) >= 11 is 8.05. The van der Waals surface area contributed by atoms with Crippen LogP contribution in [-0.4, -0.2) is 25.1 Å². The average molecular weight is 326 g/mol. The summed E-state index contributed by atoms with van der Waals surface area (Å²) in [6, 6.07) is 5.24. The summed E-state index contributed by atoms with van der Waals surface area (Å²) in [6.07, 6.45) is 0. The van der Waals surface area contributed by atoms with Crippen LogP contribution in [0.4, 0.5) is 0 Å². The molecule has 0 unspecified atom stereocenters. The van der Waals surface area contributed by atoms with E-state index in [4.69, 9.17) is 16.4 Å². The first kappa shape index (κ1) is 11.7. The van der Waals surface area contributed by atoms with Gasteiger partial charge in [0.2, 0.25) is 0 Å². The summed E-state index contributed by atoms with van der Waals surface area (Å²) in [5.74, 6) is -0.256. The number of rotatable bonds is 2. The summed E-state index contributed by atoms with van der Waals surface area (Å²) in [5, 5.41) is 1.57. The first-order chi connectivity index (χ1) is 6.56. The van der Waals surface area contributed by atoms with Gasteiger partial charge in [-0.2, -0.15) is 0 Å². The van der Waals surface area contributed by atoms with Crippen molar-refractivity contribution in [3.63, 3.8) is 0 Å². The van der Waals surface area contributed by atoms with Crippen LogP contribution in [0.2, 0.25) is 5.02 Å². The second-order valence-electron chi connectivity index (χ2n) is 2.61. The molecule has 14 heavy (non-hydrogen) atoms. The fraction of sp³-hybridized carbons (Fsp3) is 0.222. The van der Waals surface area contributed by atoms with E-state index >= 15 is 0 Å². The van der Waals surface area contributed by atoms with Crippen molar-refractivity contribution in [2.75, 3.05) is 14.2 Å². The molecule has 0 saturated heterocycles. The third-order valence-corrected chi connectivity index (χ3v) is 2.71. The van der Waals surface area contributed by atoms with E-state index < -0.39 is 0 Å². The lowest BCUT2D eigenvalue weighted by molar-refractivity contribution is -0.0756. The maximum absolute atomic E-state index is 11.6. The second kappa shape index (κ2) is 4.95. The van der Waals surface area contributed by atoms with Crippen molar-refractivity contribution in [3.05, 3.63) is 32.4 Å². The van der Waals surface area contributed by atoms with Crippen molar-refractivity contribution in [1.29, 1.82) is 0 Å². The van der Waals surface area contributed by atoms with E-state index in [2.05, 4.69) is 22.6 Å². The number of hydrogen-bond acceptors (Lipinski definition) is 2. The van der Waals surface area contributed by atoms with Crippen LogP contribution in [0.5, 0.6) is 0 Å². The van der Waals surface area contributed by atoms with Crippen molar-refractivity contribution in [1.82, 2.24) is 5.06 Å². The number of hydroxylamine groups is 2. The summed E-state index contributed by atoms with van der Waals surface area (Å²) < 4.78 is 0.990. The molecular weight excluding hydrogens is 316 g/mol. The highest BCUT2D eigenvalue weighted by Crippen LogP contribution is 2.20. The molecule has 0 aliphatic rings. The van der Waals surface area contributed by atoms with Crippen LogP contribution < -0.4 is 0 Å². The van der Waals surface area contributed by atoms with E-state index in [0.717, 1.165) is 8.63 Å². The molecule has 0 saturated carbocycles. The lowest BCUT2D eigenvalue weighted by atomic mass is 10.2. The van der Waals surface area contributed by atoms with Crippen LogP contribution >= 0.6 is 34.2 Å². The molecule has 0 N–H and O–H groups in total. The number of carbonyl (C=O) groups is 1. The third-order valence-electron chi connectivity index (χ3n) is 1.72. The van der Waals surface area contributed by atoms with Gasteiger partial charge in [-0.25, -0.2) is 5.06 Å². The predicted octanol–water partition coefficient (Wildman–Crippen LogP) is 2.58. The fourth-order valence-electron chi connectivity index (χ4n) is 0.915. The van der Waals surface area contributed by atoms with Gasteiger partial charge >= 0.3 is 0 Å². The highest BCUT2D eigenvalue weighted by molar-refractivity contribution is 14.1. The van der Waals surface area contributed by atoms with Crippen molar-refractivity contribution in [3.8, 4) is 0 Å². The van der Waals surface area contributed by atoms with Gasteiger partial charge in [-0.15, -0.1) is 0 Å². The molecule has 5 heteroatoms. The number of benzene rings is 1. The van der Waals surface area contributed by atoms with Crippen LogP contribution in [0.25, 0.3) is 0 Å². The molecule has 0 spiro atoms. The van der Waals surface area contributed by atoms with Gasteiger partial charge in [0.15, 0.2) is 0 Å². The topological polar surface area (TPSA) is 29.5 Å². The minimum absolute atomic E-state index is 0.256. The molecule has 1 rings (SSSR count). The largest absolute Gasteiger partial charge is 0.278 e. The van der Waals surface area contributed by atoms with E-state index in [9.17, 15) is 4.79 Å². The van der Waals surface area contributed by atoms with E-state index in [1.54, 1.807) is 12.1 Å². The standard InChI is InChI=1S/C9H9ClINO2/c1-12(14-2)9(13)7-4-3-6(11)5-8(7)10/h3-5H,1-2H3. The Balaban J connectivity index is 3.02. The first-order valence-corrected chi connectivity index (χ1v) is 5.29. The molecule has 3 nitrogen and oxygen atoms in total. The maximum Gasteiger partial charge on any atom is 0.278 e. The number of amides is 1. The van der Waals surface area contributed by atoms with Gasteiger partial charge in [-0.3, -0.25) is 9.63 Å². The zero-order valence-corrected chi connectivity index (χ0v) is 10.7. The number of nitrogens with zero attached hydrogens (tertiary/aromatic N) is 1. The van der Waals surface area contributed by atoms with Crippen LogP contribution in [0, 0.1) is 3.57 Å². The van der Waals surface area contributed by atoms with Gasteiger partial charge in [0.05, 0.1) is 17.7 Å². The molecule has 1 aromatic carbocycles. The number of hydrogen-bond donors (Lipinski definition) is 0. The molecule has 0 atom stereocenters. The van der Waals surface area contributed by atoms with Gasteiger partial charge in [0, 0.05) is 10.6 Å². The minimum Gasteiger partial charge on any atom is -0.274 e. The summed E-state index contributed by atoms with van der Waals surface area (Å²) in [5.41, 5.74) is 0.441. The lowest BCUT2D eigenvalue weighted by Crippen LogP contribution is -2.25. The van der Waals surface area contributed by atoms with Crippen LogP contribution in [0.3, 0.4) is 0 Å². The molecule has 1 amide bonds. The molecule has 1 aromatic rings. The molecule has 0 bridgehead atoms. The summed E-state index contributed by atoms with van der Waals surface area (Å²) in [7, 11) is 2.97. The number of halogens is 2. The van der Waals surface area contributed by atoms with Crippen LogP contribution in [0.1, 0.15) is 10.4 Å². The Kier molecular flexibility index (Phi) is 4.15. The Labute approximate surface area is 101 Å². The molecular formula is C9H9ClINO2. The fourth-order valence-corrected chi connectivity index (χ4v) is 1.85. The van der Waals surface area contributed by atoms with E-state index in [-0.39, 0.29) is 5.91 Å². The Morgan fingerprint density at radius 2 is 2.21 bits per heavy atom. The van der Waals surface area contributed by atoms with E-state index in [1.807, 2.05) is 6.07 Å². The smallest absolute Gasteiger partial charge is 0.274 e. The normalized spacial score (nSPS) is 10.0. The molecule has 0 fully saturated rings. The predicted molar refractivity (Wildman–Crippen MR) is 63.3 cm³/mol. The molecule has 0 aliphatic carbocycles. The molecule has 0 aliphatic heterocycles. The molecule has 76 valence electrons. The Hall–Kier alpha value is -0.330. The van der Waals surface area contributed by atoms with E-state index in [1.165, 1.54) is 14.2 Å². The maximum atomic E-state index is 11.6. The summed E-state index contributed by atoms with van der Waals surface area (Å²) in [6.45, 7) is 0. The van der Waals surface area contributed by atoms with Crippen LogP contribution in [-0.2, 0) is 4.84 Å². The van der Waals surface area contributed by atoms with Crippen molar-refractivity contribution < 1.29 is 9.63 Å². The highest BCUT2D eigenvalue weighted by Gasteiger charge is 2.14. The minimum atomic E-state index is -0.256.